The third kappa shape index (κ3) is 21.0. The van der Waals surface area contributed by atoms with Crippen molar-refractivity contribution in [3.05, 3.63) is 0 Å². The molecule has 0 atom stereocenters. The van der Waals surface area contributed by atoms with E-state index >= 15 is 0 Å². The fourth-order valence-electron chi connectivity index (χ4n) is 0. The third-order valence-electron chi connectivity index (χ3n) is 0. The van der Waals surface area contributed by atoms with Gasteiger partial charge in [-0.1, -0.05) is 0 Å². The molecule has 0 bridgehead atoms. The van der Waals surface area contributed by atoms with Crippen LogP contribution in [0.5, 0.6) is 0 Å². The van der Waals surface area contributed by atoms with Crippen molar-refractivity contribution in [3.8, 4) is 0 Å². The highest BCUT2D eigenvalue weighted by Crippen LogP contribution is 1.68. The summed E-state index contributed by atoms with van der Waals surface area (Å²) < 4.78 is 0. The Balaban J connectivity index is 0. The molecule has 0 N–H and O–H groups in total. The molecule has 0 aliphatic heterocycles. The maximum atomic E-state index is 2.31. The molecule has 0 aliphatic carbocycles. The van der Waals surface area contributed by atoms with Gasteiger partial charge in [0.15, 0.2) is 0 Å². The normalized spacial score (nSPS) is 6.75. The van der Waals surface area contributed by atoms with Gasteiger partial charge in [0.25, 0.3) is 14.1 Å². The van der Waals surface area contributed by atoms with E-state index in [1.807, 2.05) is 0 Å². The molecule has 0 saturated carbocycles. The van der Waals surface area contributed by atoms with E-state index in [4.69, 9.17) is 0 Å². The van der Waals surface area contributed by atoms with Crippen LogP contribution in [0.3, 0.4) is 0 Å². The lowest BCUT2D eigenvalue weighted by Crippen LogP contribution is -1.84. The van der Waals surface area contributed by atoms with Gasteiger partial charge in [-0.25, -0.2) is 0 Å². The average molecular weight is 74.1 g/mol. The summed E-state index contributed by atoms with van der Waals surface area (Å²) in [6, 6.07) is 0. The molecule has 0 radical (unpaired) electrons. The largest absolute Gasteiger partial charge is 0.251 e. The van der Waals surface area contributed by atoms with Gasteiger partial charge >= 0.3 is 0 Å². The molecule has 26 valence electrons. The van der Waals surface area contributed by atoms with Crippen molar-refractivity contribution in [2.45, 2.75) is 17.4 Å². The molecule has 0 aromatic carbocycles. The van der Waals surface area contributed by atoms with Gasteiger partial charge in [-0.2, -0.15) is 0 Å². The average Bonchev–Trinajstić information content (AvgIpc) is 0.811. The van der Waals surface area contributed by atoms with Gasteiger partial charge in [-0.15, -0.1) is 17.4 Å². The molecular weight excluding hydrogens is 63.0 g/mol. The van der Waals surface area contributed by atoms with E-state index in [9.17, 15) is 0 Å². The first-order chi connectivity index (χ1) is 1.73. The molecule has 1 heteroatoms. The standard InChI is InChI=1S/3CH3.Al.H2/h3*1H3;;1H. The van der Waals surface area contributed by atoms with Crippen LogP contribution in [-0.2, 0) is 0 Å². The third-order valence-corrected chi connectivity index (χ3v) is 0. The lowest BCUT2D eigenvalue weighted by Gasteiger charge is -1.67. The van der Waals surface area contributed by atoms with Crippen LogP contribution < -0.4 is 0 Å². The van der Waals surface area contributed by atoms with E-state index in [0.29, 0.717) is 0 Å². The maximum Gasteiger partial charge on any atom is 0.251 e. The Morgan fingerprint density at radius 1 is 1.25 bits per heavy atom. The summed E-state index contributed by atoms with van der Waals surface area (Å²) >= 11 is -0.139. The minimum absolute atomic E-state index is 0. The molecule has 0 unspecified atom stereocenters. The molecule has 0 nitrogen and oxygen atoms in total. The monoisotopic (exact) mass is 74.1 g/mol. The zero-order valence-corrected chi connectivity index (χ0v) is 4.73. The summed E-state index contributed by atoms with van der Waals surface area (Å²) in [6.07, 6.45) is 0. The van der Waals surface area contributed by atoms with Crippen molar-refractivity contribution < 1.29 is 1.43 Å². The van der Waals surface area contributed by atoms with E-state index in [-0.39, 0.29) is 15.6 Å². The first-order valence-electron chi connectivity index (χ1n) is 1.73. The zero-order valence-electron chi connectivity index (χ0n) is 3.58. The van der Waals surface area contributed by atoms with Gasteiger partial charge in [0, 0.05) is 1.43 Å². The number of rotatable bonds is 0. The van der Waals surface area contributed by atoms with Crippen LogP contribution in [-0.4, -0.2) is 14.1 Å². The van der Waals surface area contributed by atoms with E-state index in [1.165, 1.54) is 0 Å². The fraction of sp³-hybridized carbons (Fsp3) is 1.00. The van der Waals surface area contributed by atoms with Gasteiger partial charge in [-0.05, 0) is 0 Å². The zero-order chi connectivity index (χ0) is 3.58. The minimum atomic E-state index is -0.139. The fourth-order valence-corrected chi connectivity index (χ4v) is 0. The molecule has 0 aliphatic rings. The Kier molecular flexibility index (Phi) is 2.06. The summed E-state index contributed by atoms with van der Waals surface area (Å²) in [5, 5.41) is 0. The SMILES string of the molecule is [CH3][Al]([CH3])[CH3].[HH]. The van der Waals surface area contributed by atoms with Gasteiger partial charge in [0.1, 0.15) is 0 Å². The topological polar surface area (TPSA) is 0 Å². The van der Waals surface area contributed by atoms with Crippen molar-refractivity contribution in [2.24, 2.45) is 0 Å². The molecular formula is C3H11Al. The smallest absolute Gasteiger partial charge is 0.106 e. The lowest BCUT2D eigenvalue weighted by atomic mass is 11.8. The lowest BCUT2D eigenvalue weighted by molar-refractivity contribution is 1.91. The predicted octanol–water partition coefficient (Wildman–Crippen LogP) is 1.62. The molecule has 0 rings (SSSR count). The van der Waals surface area contributed by atoms with Gasteiger partial charge in [-0.3, -0.25) is 0 Å². The van der Waals surface area contributed by atoms with E-state index < -0.39 is 0 Å². The maximum absolute atomic E-state index is 2.31. The highest BCUT2D eigenvalue weighted by molar-refractivity contribution is 6.54. The Hall–Kier alpha value is 0.532. The number of hydrogen-bond donors (Lipinski definition) is 0. The first-order valence-corrected chi connectivity index (χ1v) is 5.20. The van der Waals surface area contributed by atoms with Crippen LogP contribution in [0.25, 0.3) is 0 Å². The van der Waals surface area contributed by atoms with Crippen LogP contribution in [0, 0.1) is 0 Å². The van der Waals surface area contributed by atoms with Gasteiger partial charge in [0.05, 0.1) is 0 Å². The summed E-state index contributed by atoms with van der Waals surface area (Å²) in [6.45, 7) is 0. The van der Waals surface area contributed by atoms with Crippen LogP contribution in [0.15, 0.2) is 0 Å². The van der Waals surface area contributed by atoms with Crippen LogP contribution in [0.4, 0.5) is 0 Å². The Morgan fingerprint density at radius 3 is 1.25 bits per heavy atom. The van der Waals surface area contributed by atoms with Crippen LogP contribution in [0.1, 0.15) is 1.43 Å². The molecule has 0 aromatic heterocycles. The highest BCUT2D eigenvalue weighted by Gasteiger charge is 1.81. The van der Waals surface area contributed by atoms with Crippen LogP contribution >= 0.6 is 0 Å². The van der Waals surface area contributed by atoms with Gasteiger partial charge < -0.3 is 0 Å². The van der Waals surface area contributed by atoms with Gasteiger partial charge in [0.2, 0.25) is 0 Å². The number of hydrogen-bond acceptors (Lipinski definition) is 0. The van der Waals surface area contributed by atoms with Crippen molar-refractivity contribution in [3.63, 3.8) is 0 Å². The predicted molar refractivity (Wildman–Crippen MR) is 25.5 cm³/mol. The molecule has 0 heterocycles. The summed E-state index contributed by atoms with van der Waals surface area (Å²) in [5.74, 6) is 6.92. The Bertz CT molecular complexity index is 11.6. The van der Waals surface area contributed by atoms with Crippen molar-refractivity contribution >= 4 is 14.1 Å². The summed E-state index contributed by atoms with van der Waals surface area (Å²) in [7, 11) is 0. The molecule has 0 saturated heterocycles. The second-order valence-electron chi connectivity index (χ2n) is 1.73. The molecule has 0 aromatic rings. The van der Waals surface area contributed by atoms with Crippen molar-refractivity contribution in [1.82, 2.24) is 0 Å². The van der Waals surface area contributed by atoms with Crippen LogP contribution in [0.2, 0.25) is 17.4 Å². The Labute approximate surface area is 33.7 Å². The second-order valence-corrected chi connectivity index (χ2v) is 5.20. The molecule has 0 amide bonds. The highest BCUT2D eigenvalue weighted by atomic mass is 27.2. The minimum Gasteiger partial charge on any atom is -0.106 e. The molecule has 0 spiro atoms. The quantitative estimate of drug-likeness (QED) is 0.383. The van der Waals surface area contributed by atoms with E-state index in [0.717, 1.165) is 0 Å². The first kappa shape index (κ1) is 4.53. The molecule has 0 fully saturated rings. The summed E-state index contributed by atoms with van der Waals surface area (Å²) in [4.78, 5) is 0. The summed E-state index contributed by atoms with van der Waals surface area (Å²) in [5.41, 5.74) is 0. The molecule has 4 heavy (non-hydrogen) atoms. The van der Waals surface area contributed by atoms with E-state index in [1.54, 1.807) is 0 Å². The van der Waals surface area contributed by atoms with E-state index in [2.05, 4.69) is 17.4 Å². The van der Waals surface area contributed by atoms with Crippen molar-refractivity contribution in [1.29, 1.82) is 0 Å². The Morgan fingerprint density at radius 2 is 1.25 bits per heavy atom. The van der Waals surface area contributed by atoms with Crippen molar-refractivity contribution in [2.75, 3.05) is 0 Å². The second kappa shape index (κ2) is 1.82.